The molecule has 1 atom stereocenters. The first-order valence-electron chi connectivity index (χ1n) is 6.79. The molecule has 0 amide bonds. The average Bonchev–Trinajstić information content (AvgIpc) is 2.43. The van der Waals surface area contributed by atoms with Gasteiger partial charge in [0.15, 0.2) is 0 Å². The molecule has 1 nitrogen and oxygen atoms in total. The summed E-state index contributed by atoms with van der Waals surface area (Å²) in [5, 5.41) is 3.24. The lowest BCUT2D eigenvalue weighted by Gasteiger charge is -2.22. The Morgan fingerprint density at radius 3 is 2.45 bits per heavy atom. The van der Waals surface area contributed by atoms with Crippen LogP contribution in [0, 0.1) is 25.5 Å². The Balaban J connectivity index is 2.56. The monoisotopic (exact) mass is 275 g/mol. The molecule has 0 spiro atoms. The minimum absolute atomic E-state index is 0.234. The molecule has 0 heterocycles. The highest BCUT2D eigenvalue weighted by Gasteiger charge is 2.20. The Kier molecular flexibility index (Phi) is 4.50. The summed E-state index contributed by atoms with van der Waals surface area (Å²) in [6.45, 7) is 6.27. The molecule has 2 rings (SSSR count). The molecule has 0 radical (unpaired) electrons. The van der Waals surface area contributed by atoms with Gasteiger partial charge in [-0.2, -0.15) is 0 Å². The molecule has 0 aromatic heterocycles. The highest BCUT2D eigenvalue weighted by Crippen LogP contribution is 2.28. The molecule has 20 heavy (non-hydrogen) atoms. The first-order chi connectivity index (χ1) is 9.54. The van der Waals surface area contributed by atoms with Crippen molar-refractivity contribution in [2.75, 3.05) is 6.54 Å². The van der Waals surface area contributed by atoms with Crippen molar-refractivity contribution >= 4 is 0 Å². The summed E-state index contributed by atoms with van der Waals surface area (Å²) in [6, 6.07) is 9.60. The van der Waals surface area contributed by atoms with Crippen molar-refractivity contribution in [3.63, 3.8) is 0 Å². The smallest absolute Gasteiger partial charge is 0.131 e. The largest absolute Gasteiger partial charge is 0.306 e. The summed E-state index contributed by atoms with van der Waals surface area (Å²) in [5.41, 5.74) is 2.87. The summed E-state index contributed by atoms with van der Waals surface area (Å²) in [7, 11) is 0. The highest BCUT2D eigenvalue weighted by atomic mass is 19.1. The van der Waals surface area contributed by atoms with Gasteiger partial charge in [-0.05, 0) is 49.2 Å². The fourth-order valence-corrected chi connectivity index (χ4v) is 2.41. The maximum absolute atomic E-state index is 14.4. The summed E-state index contributed by atoms with van der Waals surface area (Å²) >= 11 is 0. The molecular weight excluding hydrogens is 256 g/mol. The number of hydrogen-bond donors (Lipinski definition) is 1. The average molecular weight is 275 g/mol. The second-order valence-electron chi connectivity index (χ2n) is 4.97. The van der Waals surface area contributed by atoms with Crippen LogP contribution >= 0.6 is 0 Å². The van der Waals surface area contributed by atoms with Crippen molar-refractivity contribution in [1.29, 1.82) is 0 Å². The standard InChI is InChI=1S/C17H19F2N/c1-4-20-17(14-7-5-6-12(3)16(14)19)15-10-13(18)9-8-11(15)2/h5-10,17,20H,4H2,1-3H3. The Hall–Kier alpha value is -1.74. The predicted molar refractivity (Wildman–Crippen MR) is 77.8 cm³/mol. The van der Waals surface area contributed by atoms with Gasteiger partial charge in [-0.3, -0.25) is 0 Å². The van der Waals surface area contributed by atoms with Crippen LogP contribution in [-0.4, -0.2) is 6.54 Å². The Morgan fingerprint density at radius 2 is 1.75 bits per heavy atom. The van der Waals surface area contributed by atoms with Crippen molar-refractivity contribution in [3.05, 3.63) is 70.3 Å². The van der Waals surface area contributed by atoms with Gasteiger partial charge in [0.2, 0.25) is 0 Å². The van der Waals surface area contributed by atoms with Crippen molar-refractivity contribution < 1.29 is 8.78 Å². The van der Waals surface area contributed by atoms with E-state index in [0.717, 1.165) is 11.1 Å². The third-order valence-electron chi connectivity index (χ3n) is 3.49. The molecule has 0 saturated carbocycles. The van der Waals surface area contributed by atoms with E-state index >= 15 is 0 Å². The van der Waals surface area contributed by atoms with E-state index in [1.54, 1.807) is 25.1 Å². The maximum Gasteiger partial charge on any atom is 0.131 e. The number of nitrogens with one attached hydrogen (secondary N) is 1. The first kappa shape index (κ1) is 14.7. The molecule has 0 bridgehead atoms. The number of halogens is 2. The SMILES string of the molecule is CCNC(c1cc(F)ccc1C)c1cccc(C)c1F. The first-order valence-corrected chi connectivity index (χ1v) is 6.79. The van der Waals surface area contributed by atoms with E-state index < -0.39 is 0 Å². The van der Waals surface area contributed by atoms with E-state index in [1.165, 1.54) is 12.1 Å². The highest BCUT2D eigenvalue weighted by molar-refractivity contribution is 5.39. The Morgan fingerprint density at radius 1 is 1.00 bits per heavy atom. The van der Waals surface area contributed by atoms with Crippen molar-refractivity contribution in [2.45, 2.75) is 26.8 Å². The van der Waals surface area contributed by atoms with Gasteiger partial charge >= 0.3 is 0 Å². The minimum atomic E-state index is -0.337. The molecule has 0 aliphatic rings. The lowest BCUT2D eigenvalue weighted by molar-refractivity contribution is 0.548. The predicted octanol–water partition coefficient (Wildman–Crippen LogP) is 4.28. The zero-order chi connectivity index (χ0) is 14.7. The van der Waals surface area contributed by atoms with Crippen molar-refractivity contribution in [3.8, 4) is 0 Å². The van der Waals surface area contributed by atoms with Crippen LogP contribution in [0.5, 0.6) is 0 Å². The van der Waals surface area contributed by atoms with E-state index in [9.17, 15) is 8.78 Å². The second-order valence-corrected chi connectivity index (χ2v) is 4.97. The zero-order valence-electron chi connectivity index (χ0n) is 12.0. The van der Waals surface area contributed by atoms with Crippen LogP contribution in [0.1, 0.15) is 35.2 Å². The topological polar surface area (TPSA) is 12.0 Å². The van der Waals surface area contributed by atoms with Gasteiger partial charge in [-0.25, -0.2) is 8.78 Å². The summed E-state index contributed by atoms with van der Waals surface area (Å²) < 4.78 is 27.9. The van der Waals surface area contributed by atoms with Crippen LogP contribution in [0.15, 0.2) is 36.4 Å². The van der Waals surface area contributed by atoms with Gasteiger partial charge < -0.3 is 5.32 Å². The van der Waals surface area contributed by atoms with Gasteiger partial charge in [0.1, 0.15) is 11.6 Å². The Labute approximate surface area is 118 Å². The molecule has 2 aromatic rings. The van der Waals surface area contributed by atoms with Crippen LogP contribution in [0.25, 0.3) is 0 Å². The summed E-state index contributed by atoms with van der Waals surface area (Å²) in [5.74, 6) is -0.538. The number of aryl methyl sites for hydroxylation is 2. The number of benzene rings is 2. The summed E-state index contributed by atoms with van der Waals surface area (Å²) in [6.07, 6.45) is 0. The van der Waals surface area contributed by atoms with E-state index in [4.69, 9.17) is 0 Å². The van der Waals surface area contributed by atoms with Crippen molar-refractivity contribution in [2.24, 2.45) is 0 Å². The lowest BCUT2D eigenvalue weighted by atomic mass is 9.93. The number of rotatable bonds is 4. The lowest BCUT2D eigenvalue weighted by Crippen LogP contribution is -2.24. The third kappa shape index (κ3) is 2.88. The Bertz CT molecular complexity index is 606. The second kappa shape index (κ2) is 6.14. The van der Waals surface area contributed by atoms with E-state index in [-0.39, 0.29) is 17.7 Å². The van der Waals surface area contributed by atoms with E-state index in [0.29, 0.717) is 17.7 Å². The van der Waals surface area contributed by atoms with Crippen LogP contribution in [0.2, 0.25) is 0 Å². The molecule has 1 N–H and O–H groups in total. The van der Waals surface area contributed by atoms with E-state index in [1.807, 2.05) is 19.9 Å². The molecule has 1 unspecified atom stereocenters. The van der Waals surface area contributed by atoms with E-state index in [2.05, 4.69) is 5.32 Å². The zero-order valence-corrected chi connectivity index (χ0v) is 12.0. The van der Waals surface area contributed by atoms with Gasteiger partial charge in [-0.1, -0.05) is 31.2 Å². The molecule has 106 valence electrons. The van der Waals surface area contributed by atoms with Gasteiger partial charge in [0, 0.05) is 5.56 Å². The minimum Gasteiger partial charge on any atom is -0.306 e. The summed E-state index contributed by atoms with van der Waals surface area (Å²) in [4.78, 5) is 0. The quantitative estimate of drug-likeness (QED) is 0.878. The van der Waals surface area contributed by atoms with Gasteiger partial charge in [0.05, 0.1) is 6.04 Å². The van der Waals surface area contributed by atoms with Gasteiger partial charge in [-0.15, -0.1) is 0 Å². The molecule has 0 fully saturated rings. The maximum atomic E-state index is 14.4. The van der Waals surface area contributed by atoms with Crippen LogP contribution < -0.4 is 5.32 Å². The van der Waals surface area contributed by atoms with Gasteiger partial charge in [0.25, 0.3) is 0 Å². The molecule has 0 saturated heterocycles. The molecule has 2 aromatic carbocycles. The van der Waals surface area contributed by atoms with Crippen molar-refractivity contribution in [1.82, 2.24) is 5.32 Å². The normalized spacial score (nSPS) is 12.4. The number of hydrogen-bond acceptors (Lipinski definition) is 1. The van der Waals surface area contributed by atoms with Crippen LogP contribution in [0.3, 0.4) is 0 Å². The molecule has 3 heteroatoms. The molecule has 0 aliphatic carbocycles. The fraction of sp³-hybridized carbons (Fsp3) is 0.294. The molecule has 0 aliphatic heterocycles. The molecular formula is C17H19F2N. The third-order valence-corrected chi connectivity index (χ3v) is 3.49. The van der Waals surface area contributed by atoms with Crippen LogP contribution in [-0.2, 0) is 0 Å². The fourth-order valence-electron chi connectivity index (χ4n) is 2.41. The van der Waals surface area contributed by atoms with Crippen LogP contribution in [0.4, 0.5) is 8.78 Å².